The number of amides is 1. The van der Waals surface area contributed by atoms with E-state index in [0.717, 1.165) is 16.2 Å². The molecule has 3 rings (SSSR count). The van der Waals surface area contributed by atoms with E-state index in [-0.39, 0.29) is 12.4 Å². The zero-order chi connectivity index (χ0) is 15.4. The van der Waals surface area contributed by atoms with Crippen molar-refractivity contribution in [2.24, 2.45) is 0 Å². The average Bonchev–Trinajstić information content (AvgIpc) is 2.81. The summed E-state index contributed by atoms with van der Waals surface area (Å²) >= 11 is 0. The second-order valence-corrected chi connectivity index (χ2v) is 5.00. The Balaban J connectivity index is 1.62. The van der Waals surface area contributed by atoms with Crippen LogP contribution >= 0.6 is 0 Å². The molecule has 112 valence electrons. The molecular formula is C17H16N2O3. The Bertz CT molecular complexity index is 658. The highest BCUT2D eigenvalue weighted by Gasteiger charge is 2.38. The van der Waals surface area contributed by atoms with Crippen LogP contribution in [0.1, 0.15) is 11.1 Å². The summed E-state index contributed by atoms with van der Waals surface area (Å²) in [6, 6.07) is 19.1. The minimum absolute atomic E-state index is 0.0322. The molecular weight excluding hydrogens is 280 g/mol. The third-order valence-electron chi connectivity index (χ3n) is 3.40. The van der Waals surface area contributed by atoms with E-state index in [0.29, 0.717) is 6.42 Å². The standard InChI is InChI=1S/C17H16N2O3/c18-16-15(11-13-7-3-1-4-8-13)22-17(20)19(16)21-12-14-9-5-2-6-10-14/h1-10,15,18H,11-12H2. The number of nitrogens with one attached hydrogen (secondary N) is 1. The van der Waals surface area contributed by atoms with Crippen molar-refractivity contribution in [3.05, 3.63) is 71.8 Å². The number of hydrogen-bond donors (Lipinski definition) is 1. The van der Waals surface area contributed by atoms with Crippen molar-refractivity contribution in [1.29, 1.82) is 5.41 Å². The van der Waals surface area contributed by atoms with E-state index < -0.39 is 12.2 Å². The van der Waals surface area contributed by atoms with Gasteiger partial charge in [-0.05, 0) is 11.1 Å². The van der Waals surface area contributed by atoms with Gasteiger partial charge in [-0.25, -0.2) is 4.79 Å². The van der Waals surface area contributed by atoms with Gasteiger partial charge < -0.3 is 4.74 Å². The summed E-state index contributed by atoms with van der Waals surface area (Å²) < 4.78 is 5.22. The quantitative estimate of drug-likeness (QED) is 0.922. The fraction of sp³-hybridized carbons (Fsp3) is 0.176. The number of rotatable bonds is 5. The van der Waals surface area contributed by atoms with Crippen LogP contribution in [0.2, 0.25) is 0 Å². The lowest BCUT2D eigenvalue weighted by Gasteiger charge is -2.13. The van der Waals surface area contributed by atoms with Gasteiger partial charge in [-0.1, -0.05) is 60.7 Å². The molecule has 0 aromatic heterocycles. The molecule has 1 amide bonds. The molecule has 0 aliphatic carbocycles. The third kappa shape index (κ3) is 3.15. The van der Waals surface area contributed by atoms with Crippen molar-refractivity contribution in [3.63, 3.8) is 0 Å². The Hall–Kier alpha value is -2.66. The second-order valence-electron chi connectivity index (χ2n) is 5.00. The lowest BCUT2D eigenvalue weighted by molar-refractivity contribution is -0.0781. The van der Waals surface area contributed by atoms with Crippen LogP contribution in [0.15, 0.2) is 60.7 Å². The molecule has 1 aliphatic heterocycles. The lowest BCUT2D eigenvalue weighted by Crippen LogP contribution is -2.31. The average molecular weight is 296 g/mol. The summed E-state index contributed by atoms with van der Waals surface area (Å²) in [7, 11) is 0. The number of carbonyl (C=O) groups is 1. The Morgan fingerprint density at radius 1 is 1.00 bits per heavy atom. The molecule has 1 atom stereocenters. The summed E-state index contributed by atoms with van der Waals surface area (Å²) in [5.74, 6) is 0.0322. The van der Waals surface area contributed by atoms with Crippen LogP contribution in [0, 0.1) is 5.41 Å². The van der Waals surface area contributed by atoms with E-state index in [1.807, 2.05) is 60.7 Å². The Kier molecular flexibility index (Phi) is 4.16. The number of amidine groups is 1. The topological polar surface area (TPSA) is 62.6 Å². The smallest absolute Gasteiger partial charge is 0.436 e. The van der Waals surface area contributed by atoms with Crippen molar-refractivity contribution in [2.45, 2.75) is 19.1 Å². The van der Waals surface area contributed by atoms with Gasteiger partial charge in [0, 0.05) is 6.42 Å². The SMILES string of the molecule is N=C1C(Cc2ccccc2)OC(=O)N1OCc1ccccc1. The van der Waals surface area contributed by atoms with E-state index in [1.165, 1.54) is 0 Å². The summed E-state index contributed by atoms with van der Waals surface area (Å²) in [5, 5.41) is 8.99. The monoisotopic (exact) mass is 296 g/mol. The van der Waals surface area contributed by atoms with Crippen LogP contribution in [0.3, 0.4) is 0 Å². The van der Waals surface area contributed by atoms with Crippen molar-refractivity contribution in [3.8, 4) is 0 Å². The summed E-state index contributed by atoms with van der Waals surface area (Å²) in [6.45, 7) is 0.219. The molecule has 0 saturated carbocycles. The zero-order valence-corrected chi connectivity index (χ0v) is 11.9. The first-order valence-electron chi connectivity index (χ1n) is 7.04. The van der Waals surface area contributed by atoms with E-state index in [4.69, 9.17) is 15.0 Å². The fourth-order valence-electron chi connectivity index (χ4n) is 2.26. The maximum atomic E-state index is 11.8. The van der Waals surface area contributed by atoms with Crippen LogP contribution in [0.4, 0.5) is 4.79 Å². The van der Waals surface area contributed by atoms with Crippen LogP contribution in [-0.4, -0.2) is 23.1 Å². The molecule has 0 radical (unpaired) electrons. The fourth-order valence-corrected chi connectivity index (χ4v) is 2.26. The van der Waals surface area contributed by atoms with Crippen LogP contribution in [-0.2, 0) is 22.6 Å². The second kappa shape index (κ2) is 6.41. The van der Waals surface area contributed by atoms with E-state index in [9.17, 15) is 4.79 Å². The first-order valence-corrected chi connectivity index (χ1v) is 7.04. The zero-order valence-electron chi connectivity index (χ0n) is 11.9. The highest BCUT2D eigenvalue weighted by atomic mass is 16.7. The number of carbonyl (C=O) groups excluding carboxylic acids is 1. The molecule has 1 N–H and O–H groups in total. The molecule has 1 aliphatic rings. The van der Waals surface area contributed by atoms with Crippen molar-refractivity contribution >= 4 is 11.9 Å². The maximum absolute atomic E-state index is 11.8. The van der Waals surface area contributed by atoms with Crippen LogP contribution in [0.25, 0.3) is 0 Å². The van der Waals surface area contributed by atoms with Gasteiger partial charge in [0.05, 0.1) is 0 Å². The Labute approximate surface area is 128 Å². The molecule has 5 nitrogen and oxygen atoms in total. The predicted molar refractivity (Wildman–Crippen MR) is 81.2 cm³/mol. The molecule has 1 saturated heterocycles. The number of hydroxylamine groups is 2. The molecule has 2 aromatic carbocycles. The van der Waals surface area contributed by atoms with Crippen molar-refractivity contribution < 1.29 is 14.4 Å². The van der Waals surface area contributed by atoms with Gasteiger partial charge in [0.25, 0.3) is 0 Å². The van der Waals surface area contributed by atoms with Gasteiger partial charge in [0.15, 0.2) is 11.9 Å². The molecule has 1 heterocycles. The molecule has 0 spiro atoms. The number of benzene rings is 2. The molecule has 22 heavy (non-hydrogen) atoms. The first kappa shape index (κ1) is 14.3. The Morgan fingerprint density at radius 2 is 1.59 bits per heavy atom. The van der Waals surface area contributed by atoms with Crippen LogP contribution < -0.4 is 0 Å². The van der Waals surface area contributed by atoms with Gasteiger partial charge in [-0.2, -0.15) is 0 Å². The minimum atomic E-state index is -0.637. The van der Waals surface area contributed by atoms with Gasteiger partial charge in [-0.3, -0.25) is 10.2 Å². The highest BCUT2D eigenvalue weighted by Crippen LogP contribution is 2.19. The Morgan fingerprint density at radius 3 is 2.23 bits per heavy atom. The largest absolute Gasteiger partial charge is 0.440 e. The van der Waals surface area contributed by atoms with Gasteiger partial charge in [0.1, 0.15) is 6.61 Å². The first-order chi connectivity index (χ1) is 10.7. The molecule has 5 heteroatoms. The predicted octanol–water partition coefficient (Wildman–Crippen LogP) is 3.16. The summed E-state index contributed by atoms with van der Waals surface area (Å²) in [6.07, 6.45) is -0.774. The van der Waals surface area contributed by atoms with Gasteiger partial charge in [-0.15, -0.1) is 5.06 Å². The highest BCUT2D eigenvalue weighted by molar-refractivity contribution is 6.00. The number of cyclic esters (lactones) is 1. The summed E-state index contributed by atoms with van der Waals surface area (Å²) in [5.41, 5.74) is 1.93. The van der Waals surface area contributed by atoms with Gasteiger partial charge >= 0.3 is 6.09 Å². The van der Waals surface area contributed by atoms with E-state index >= 15 is 0 Å². The lowest BCUT2D eigenvalue weighted by atomic mass is 10.1. The molecule has 1 unspecified atom stereocenters. The third-order valence-corrected chi connectivity index (χ3v) is 3.40. The molecule has 2 aromatic rings. The summed E-state index contributed by atoms with van der Waals surface area (Å²) in [4.78, 5) is 17.3. The van der Waals surface area contributed by atoms with Crippen molar-refractivity contribution in [2.75, 3.05) is 0 Å². The molecule has 1 fully saturated rings. The number of ether oxygens (including phenoxy) is 1. The maximum Gasteiger partial charge on any atom is 0.440 e. The van der Waals surface area contributed by atoms with E-state index in [2.05, 4.69) is 0 Å². The van der Waals surface area contributed by atoms with Crippen molar-refractivity contribution in [1.82, 2.24) is 5.06 Å². The number of nitrogens with zero attached hydrogens (tertiary/aromatic N) is 1. The molecule has 0 bridgehead atoms. The minimum Gasteiger partial charge on any atom is -0.436 e. The van der Waals surface area contributed by atoms with Crippen LogP contribution in [0.5, 0.6) is 0 Å². The van der Waals surface area contributed by atoms with Gasteiger partial charge in [0.2, 0.25) is 0 Å². The normalized spacial score (nSPS) is 17.6. The van der Waals surface area contributed by atoms with E-state index in [1.54, 1.807) is 0 Å². The number of hydrogen-bond acceptors (Lipinski definition) is 4.